The highest BCUT2D eigenvalue weighted by atomic mass is 16.5. The first kappa shape index (κ1) is 15.1. The fraction of sp³-hybridized carbons (Fsp3) is 0.611. The molecule has 0 spiro atoms. The molecule has 2 heteroatoms. The Kier molecular flexibility index (Phi) is 5.63. The molecule has 1 saturated carbocycles. The molecule has 20 heavy (non-hydrogen) atoms. The lowest BCUT2D eigenvalue weighted by Gasteiger charge is -2.27. The van der Waals surface area contributed by atoms with Gasteiger partial charge in [-0.2, -0.15) is 0 Å². The highest BCUT2D eigenvalue weighted by molar-refractivity contribution is 5.86. The summed E-state index contributed by atoms with van der Waals surface area (Å²) in [6, 6.07) is 8.14. The number of hydrogen-bond acceptors (Lipinski definition) is 2. The zero-order valence-corrected chi connectivity index (χ0v) is 12.7. The molecule has 0 N–H and O–H groups in total. The van der Waals surface area contributed by atoms with Gasteiger partial charge in [0.25, 0.3) is 0 Å². The third-order valence-electron chi connectivity index (χ3n) is 4.37. The van der Waals surface area contributed by atoms with Gasteiger partial charge in [-0.3, -0.25) is 4.79 Å². The van der Waals surface area contributed by atoms with Gasteiger partial charge in [0.05, 0.1) is 6.61 Å². The van der Waals surface area contributed by atoms with Crippen molar-refractivity contribution in [1.82, 2.24) is 0 Å². The van der Waals surface area contributed by atoms with Gasteiger partial charge in [0.15, 0.2) is 0 Å². The van der Waals surface area contributed by atoms with Crippen LogP contribution in [0.2, 0.25) is 0 Å². The van der Waals surface area contributed by atoms with Crippen molar-refractivity contribution in [3.05, 3.63) is 29.8 Å². The average Bonchev–Trinajstić information content (AvgIpc) is 2.48. The van der Waals surface area contributed by atoms with E-state index in [0.717, 1.165) is 50.0 Å². The second-order valence-electron chi connectivity index (χ2n) is 5.85. The third kappa shape index (κ3) is 3.84. The van der Waals surface area contributed by atoms with Crippen molar-refractivity contribution in [1.29, 1.82) is 0 Å². The molecule has 0 aliphatic heterocycles. The van der Waals surface area contributed by atoms with Crippen molar-refractivity contribution in [3.63, 3.8) is 0 Å². The molecule has 0 aromatic heterocycles. The number of ketones is 1. The van der Waals surface area contributed by atoms with Crippen LogP contribution in [0.4, 0.5) is 0 Å². The van der Waals surface area contributed by atoms with Crippen LogP contribution in [0.1, 0.15) is 63.9 Å². The van der Waals surface area contributed by atoms with E-state index < -0.39 is 0 Å². The summed E-state index contributed by atoms with van der Waals surface area (Å²) in [6.07, 6.45) is 6.31. The van der Waals surface area contributed by atoms with E-state index in [-0.39, 0.29) is 5.92 Å². The first-order valence-corrected chi connectivity index (χ1v) is 8.00. The lowest BCUT2D eigenvalue weighted by molar-refractivity contribution is -0.123. The molecule has 2 atom stereocenters. The first-order chi connectivity index (χ1) is 9.74. The summed E-state index contributed by atoms with van der Waals surface area (Å²) in [4.78, 5) is 12.2. The van der Waals surface area contributed by atoms with Gasteiger partial charge in [-0.25, -0.2) is 0 Å². The first-order valence-electron chi connectivity index (χ1n) is 8.00. The molecule has 2 nitrogen and oxygen atoms in total. The fourth-order valence-electron chi connectivity index (χ4n) is 2.92. The largest absolute Gasteiger partial charge is 0.494 e. The van der Waals surface area contributed by atoms with E-state index in [1.165, 1.54) is 6.42 Å². The molecule has 1 fully saturated rings. The fourth-order valence-corrected chi connectivity index (χ4v) is 2.92. The summed E-state index contributed by atoms with van der Waals surface area (Å²) >= 11 is 0. The quantitative estimate of drug-likeness (QED) is 0.701. The normalized spacial score (nSPS) is 22.8. The molecule has 0 saturated heterocycles. The van der Waals surface area contributed by atoms with Gasteiger partial charge in [-0.1, -0.05) is 38.8 Å². The number of benzene rings is 1. The zero-order valence-electron chi connectivity index (χ0n) is 12.7. The molecule has 0 unspecified atom stereocenters. The van der Waals surface area contributed by atoms with E-state index in [1.807, 2.05) is 12.1 Å². The van der Waals surface area contributed by atoms with E-state index in [1.54, 1.807) is 0 Å². The van der Waals surface area contributed by atoms with Crippen LogP contribution in [0.3, 0.4) is 0 Å². The van der Waals surface area contributed by atoms with Crippen LogP contribution in [0.5, 0.6) is 5.75 Å². The molecule has 110 valence electrons. The van der Waals surface area contributed by atoms with Crippen molar-refractivity contribution >= 4 is 5.78 Å². The molecule has 1 aliphatic rings. The Labute approximate surface area is 122 Å². The molecule has 0 heterocycles. The minimum Gasteiger partial charge on any atom is -0.494 e. The Balaban J connectivity index is 1.94. The summed E-state index contributed by atoms with van der Waals surface area (Å²) in [5.74, 6) is 2.05. The average molecular weight is 274 g/mol. The van der Waals surface area contributed by atoms with Crippen LogP contribution in [0.15, 0.2) is 24.3 Å². The maximum absolute atomic E-state index is 12.2. The number of unbranched alkanes of at least 4 members (excludes halogenated alkanes) is 1. The molecule has 0 amide bonds. The second kappa shape index (κ2) is 7.47. The smallest absolute Gasteiger partial charge is 0.140 e. The van der Waals surface area contributed by atoms with E-state index in [0.29, 0.717) is 11.7 Å². The van der Waals surface area contributed by atoms with Crippen LogP contribution in [0, 0.1) is 5.92 Å². The number of carbonyl (C=O) groups is 1. The summed E-state index contributed by atoms with van der Waals surface area (Å²) in [7, 11) is 0. The maximum atomic E-state index is 12.2. The second-order valence-corrected chi connectivity index (χ2v) is 5.85. The van der Waals surface area contributed by atoms with E-state index in [4.69, 9.17) is 4.74 Å². The minimum absolute atomic E-state index is 0.113. The van der Waals surface area contributed by atoms with Crippen LogP contribution >= 0.6 is 0 Å². The lowest BCUT2D eigenvalue weighted by Crippen LogP contribution is -2.23. The van der Waals surface area contributed by atoms with Crippen molar-refractivity contribution in [2.75, 3.05) is 6.61 Å². The Morgan fingerprint density at radius 2 is 1.90 bits per heavy atom. The standard InChI is InChI=1S/C18H26O2/c1-3-5-12-20-16-9-7-15(8-10-16)17-11-6-14(4-2)13-18(17)19/h7-10,14,17H,3-6,11-13H2,1-2H3/t14-,17+/m0/s1. The van der Waals surface area contributed by atoms with Crippen molar-refractivity contribution in [3.8, 4) is 5.75 Å². The van der Waals surface area contributed by atoms with Gasteiger partial charge in [0, 0.05) is 12.3 Å². The summed E-state index contributed by atoms with van der Waals surface area (Å²) in [6.45, 7) is 5.11. The van der Waals surface area contributed by atoms with Crippen LogP contribution in [-0.4, -0.2) is 12.4 Å². The molecular formula is C18H26O2. The van der Waals surface area contributed by atoms with Crippen LogP contribution < -0.4 is 4.74 Å². The molecule has 1 aromatic carbocycles. The number of hydrogen-bond donors (Lipinski definition) is 0. The van der Waals surface area contributed by atoms with E-state index in [9.17, 15) is 4.79 Å². The van der Waals surface area contributed by atoms with Gasteiger partial charge in [-0.05, 0) is 42.9 Å². The summed E-state index contributed by atoms with van der Waals surface area (Å²) in [5.41, 5.74) is 1.16. The number of ether oxygens (including phenoxy) is 1. The third-order valence-corrected chi connectivity index (χ3v) is 4.37. The van der Waals surface area contributed by atoms with Gasteiger partial charge >= 0.3 is 0 Å². The van der Waals surface area contributed by atoms with Gasteiger partial charge in [-0.15, -0.1) is 0 Å². The molecule has 0 radical (unpaired) electrons. The minimum atomic E-state index is 0.113. The Morgan fingerprint density at radius 1 is 1.15 bits per heavy atom. The number of rotatable bonds is 6. The van der Waals surface area contributed by atoms with Gasteiger partial charge in [0.1, 0.15) is 11.5 Å². The highest BCUT2D eigenvalue weighted by Crippen LogP contribution is 2.34. The van der Waals surface area contributed by atoms with Crippen LogP contribution in [0.25, 0.3) is 0 Å². The van der Waals surface area contributed by atoms with Gasteiger partial charge < -0.3 is 4.74 Å². The predicted octanol–water partition coefficient (Wildman–Crippen LogP) is 4.73. The highest BCUT2D eigenvalue weighted by Gasteiger charge is 2.28. The van der Waals surface area contributed by atoms with Crippen molar-refractivity contribution in [2.24, 2.45) is 5.92 Å². The SMILES string of the molecule is CCCCOc1ccc([C@H]2CC[C@H](CC)CC2=O)cc1. The Bertz CT molecular complexity index is 422. The summed E-state index contributed by atoms with van der Waals surface area (Å²) < 4.78 is 5.67. The molecule has 1 aliphatic carbocycles. The Hall–Kier alpha value is -1.31. The Morgan fingerprint density at radius 3 is 2.50 bits per heavy atom. The zero-order chi connectivity index (χ0) is 14.4. The molecular weight excluding hydrogens is 248 g/mol. The van der Waals surface area contributed by atoms with E-state index in [2.05, 4.69) is 26.0 Å². The van der Waals surface area contributed by atoms with Crippen LogP contribution in [-0.2, 0) is 4.79 Å². The van der Waals surface area contributed by atoms with Gasteiger partial charge in [0.2, 0.25) is 0 Å². The predicted molar refractivity (Wildman–Crippen MR) is 82.2 cm³/mol. The topological polar surface area (TPSA) is 26.3 Å². The molecule has 2 rings (SSSR count). The summed E-state index contributed by atoms with van der Waals surface area (Å²) in [5, 5.41) is 0. The molecule has 0 bridgehead atoms. The molecule has 1 aromatic rings. The number of Topliss-reactive ketones (excluding diaryl/α,β-unsaturated/α-hetero) is 1. The number of carbonyl (C=O) groups excluding carboxylic acids is 1. The van der Waals surface area contributed by atoms with Crippen molar-refractivity contribution < 1.29 is 9.53 Å². The van der Waals surface area contributed by atoms with Crippen molar-refractivity contribution in [2.45, 2.75) is 58.3 Å². The lowest BCUT2D eigenvalue weighted by atomic mass is 9.77. The maximum Gasteiger partial charge on any atom is 0.140 e. The monoisotopic (exact) mass is 274 g/mol. The van der Waals surface area contributed by atoms with E-state index >= 15 is 0 Å².